The van der Waals surface area contributed by atoms with Gasteiger partial charge in [0, 0.05) is 49.0 Å². The topological polar surface area (TPSA) is 75.9 Å². The van der Waals surface area contributed by atoms with Crippen LogP contribution in [0.3, 0.4) is 0 Å². The number of nitrogens with one attached hydrogen (secondary N) is 1. The van der Waals surface area contributed by atoms with Crippen LogP contribution in [-0.4, -0.2) is 49.7 Å². The van der Waals surface area contributed by atoms with E-state index in [1.807, 2.05) is 37.3 Å². The van der Waals surface area contributed by atoms with E-state index in [9.17, 15) is 18.0 Å². The Labute approximate surface area is 206 Å². The molecule has 1 saturated heterocycles. The first-order valence-electron chi connectivity index (χ1n) is 11.7. The van der Waals surface area contributed by atoms with Gasteiger partial charge in [-0.25, -0.2) is 9.97 Å². The van der Waals surface area contributed by atoms with Gasteiger partial charge in [-0.05, 0) is 43.5 Å². The lowest BCUT2D eigenvalue weighted by molar-refractivity contribution is -0.140. The van der Waals surface area contributed by atoms with E-state index in [0.717, 1.165) is 17.3 Å². The maximum absolute atomic E-state index is 13.4. The number of aromatic nitrogens is 4. The van der Waals surface area contributed by atoms with Gasteiger partial charge in [-0.2, -0.15) is 18.3 Å². The van der Waals surface area contributed by atoms with Gasteiger partial charge in [0.1, 0.15) is 11.5 Å². The first-order chi connectivity index (χ1) is 17.2. The number of rotatable bonds is 4. The fourth-order valence-corrected chi connectivity index (χ4v) is 4.46. The monoisotopic (exact) mass is 494 g/mol. The molecule has 0 unspecified atom stereocenters. The van der Waals surface area contributed by atoms with Crippen molar-refractivity contribution in [2.75, 3.05) is 18.4 Å². The molecule has 1 aliphatic rings. The van der Waals surface area contributed by atoms with E-state index in [1.165, 1.54) is 6.07 Å². The maximum atomic E-state index is 13.4. The number of hydrogen-bond donors (Lipinski definition) is 1. The molecule has 0 bridgehead atoms. The van der Waals surface area contributed by atoms with Crippen molar-refractivity contribution < 1.29 is 18.0 Å². The van der Waals surface area contributed by atoms with Gasteiger partial charge in [-0.3, -0.25) is 9.48 Å². The molecule has 36 heavy (non-hydrogen) atoms. The maximum Gasteiger partial charge on any atom is 0.433 e. The summed E-state index contributed by atoms with van der Waals surface area (Å²) in [6.45, 7) is 2.98. The van der Waals surface area contributed by atoms with Crippen LogP contribution in [0.15, 0.2) is 54.7 Å². The number of likely N-dealkylation sites (tertiary alicyclic amines) is 1. The lowest BCUT2D eigenvalue weighted by atomic mass is 10.0. The van der Waals surface area contributed by atoms with Crippen molar-refractivity contribution in [2.45, 2.75) is 32.0 Å². The zero-order chi connectivity index (χ0) is 25.4. The van der Waals surface area contributed by atoms with Crippen LogP contribution in [0.2, 0.25) is 0 Å². The number of anilines is 1. The fraction of sp³-hybridized carbons (Fsp3) is 0.308. The Bertz CT molecular complexity index is 1390. The highest BCUT2D eigenvalue weighted by Gasteiger charge is 2.33. The molecule has 1 N–H and O–H groups in total. The summed E-state index contributed by atoms with van der Waals surface area (Å²) in [5.74, 6) is 0.382. The Hall–Kier alpha value is -3.95. The molecule has 10 heteroatoms. The quantitative estimate of drug-likeness (QED) is 0.429. The van der Waals surface area contributed by atoms with Crippen LogP contribution in [0, 0.1) is 6.92 Å². The van der Waals surface area contributed by atoms with Crippen LogP contribution in [0.4, 0.5) is 19.0 Å². The number of pyridine rings is 2. The average molecular weight is 495 g/mol. The van der Waals surface area contributed by atoms with E-state index in [-0.39, 0.29) is 17.5 Å². The zero-order valence-corrected chi connectivity index (χ0v) is 19.9. The number of benzene rings is 1. The minimum Gasteiger partial charge on any atom is -0.367 e. The van der Waals surface area contributed by atoms with Gasteiger partial charge in [0.15, 0.2) is 5.69 Å². The number of alkyl halides is 3. The summed E-state index contributed by atoms with van der Waals surface area (Å²) in [6.07, 6.45) is -1.63. The van der Waals surface area contributed by atoms with Crippen LogP contribution in [0.25, 0.3) is 22.0 Å². The Kier molecular flexibility index (Phi) is 6.11. The molecule has 1 aromatic carbocycles. The average Bonchev–Trinajstić information content (AvgIpc) is 3.22. The Morgan fingerprint density at radius 1 is 1.08 bits per heavy atom. The minimum absolute atomic E-state index is 0.0140. The van der Waals surface area contributed by atoms with Crippen LogP contribution in [0.5, 0.6) is 0 Å². The largest absolute Gasteiger partial charge is 0.433 e. The molecule has 5 rings (SSSR count). The molecule has 4 heterocycles. The summed E-state index contributed by atoms with van der Waals surface area (Å²) in [5.41, 5.74) is 1.91. The van der Waals surface area contributed by atoms with Gasteiger partial charge < -0.3 is 10.2 Å². The van der Waals surface area contributed by atoms with Gasteiger partial charge in [-0.15, -0.1) is 0 Å². The molecule has 0 saturated carbocycles. The van der Waals surface area contributed by atoms with Crippen LogP contribution in [0.1, 0.15) is 34.7 Å². The first kappa shape index (κ1) is 23.8. The summed E-state index contributed by atoms with van der Waals surface area (Å²) in [4.78, 5) is 23.1. The summed E-state index contributed by atoms with van der Waals surface area (Å²) in [5, 5.41) is 8.18. The van der Waals surface area contributed by atoms with Gasteiger partial charge >= 0.3 is 6.18 Å². The standard InChI is InChI=1S/C26H25F3N6O/c1-16-14-21(33-34(16)2)25(36)35-12-10-18(11-13-35)31-24-19-8-9-22(26(27,28)29)32-23(19)20(15-30-24)17-6-4-3-5-7-17/h3-9,14-15,18H,10-13H2,1-2H3,(H,30,31). The SMILES string of the molecule is Cc1cc(C(=O)N2CCC(Nc3ncc(-c4ccccc4)c4nc(C(F)(F)F)ccc34)CC2)nn1C. The van der Waals surface area contributed by atoms with E-state index in [4.69, 9.17) is 0 Å². The molecule has 0 atom stereocenters. The van der Waals surface area contributed by atoms with Gasteiger partial charge in [-0.1, -0.05) is 30.3 Å². The number of carbonyl (C=O) groups excluding carboxylic acids is 1. The number of amides is 1. The van der Waals surface area contributed by atoms with E-state index in [2.05, 4.69) is 20.4 Å². The molecule has 0 aliphatic carbocycles. The Morgan fingerprint density at radius 3 is 2.44 bits per heavy atom. The molecule has 1 aliphatic heterocycles. The predicted molar refractivity (Wildman–Crippen MR) is 130 cm³/mol. The number of halogens is 3. The van der Waals surface area contributed by atoms with Gasteiger partial charge in [0.25, 0.3) is 5.91 Å². The van der Waals surface area contributed by atoms with Crippen molar-refractivity contribution in [1.29, 1.82) is 0 Å². The van der Waals surface area contributed by atoms with E-state index in [1.54, 1.807) is 28.9 Å². The second-order valence-electron chi connectivity index (χ2n) is 8.98. The third-order valence-corrected chi connectivity index (χ3v) is 6.56. The number of nitrogens with zero attached hydrogens (tertiary/aromatic N) is 5. The molecule has 3 aromatic heterocycles. The van der Waals surface area contributed by atoms with Crippen molar-refractivity contribution in [3.05, 3.63) is 71.8 Å². The summed E-state index contributed by atoms with van der Waals surface area (Å²) < 4.78 is 42.0. The molecule has 0 radical (unpaired) electrons. The second kappa shape index (κ2) is 9.25. The zero-order valence-electron chi connectivity index (χ0n) is 19.9. The normalized spacial score (nSPS) is 14.9. The Balaban J connectivity index is 1.38. The smallest absolute Gasteiger partial charge is 0.367 e. The van der Waals surface area contributed by atoms with E-state index < -0.39 is 11.9 Å². The predicted octanol–water partition coefficient (Wildman–Crippen LogP) is 5.07. The highest BCUT2D eigenvalue weighted by atomic mass is 19.4. The number of carbonyl (C=O) groups is 1. The first-order valence-corrected chi connectivity index (χ1v) is 11.7. The third-order valence-electron chi connectivity index (χ3n) is 6.56. The molecule has 1 fully saturated rings. The molecule has 0 spiro atoms. The number of hydrogen-bond acceptors (Lipinski definition) is 5. The molecule has 186 valence electrons. The third kappa shape index (κ3) is 4.62. The van der Waals surface area contributed by atoms with Gasteiger partial charge in [0.05, 0.1) is 5.52 Å². The highest BCUT2D eigenvalue weighted by molar-refractivity contribution is 5.99. The van der Waals surface area contributed by atoms with E-state index in [0.29, 0.717) is 48.4 Å². The summed E-state index contributed by atoms with van der Waals surface area (Å²) in [6, 6.07) is 13.3. The fourth-order valence-electron chi connectivity index (χ4n) is 4.46. The van der Waals surface area contributed by atoms with Crippen molar-refractivity contribution in [2.24, 2.45) is 7.05 Å². The molecule has 1 amide bonds. The van der Waals surface area contributed by atoms with Crippen molar-refractivity contribution in [3.63, 3.8) is 0 Å². The van der Waals surface area contributed by atoms with Crippen molar-refractivity contribution in [1.82, 2.24) is 24.6 Å². The lowest BCUT2D eigenvalue weighted by Crippen LogP contribution is -2.42. The summed E-state index contributed by atoms with van der Waals surface area (Å²) >= 11 is 0. The van der Waals surface area contributed by atoms with Crippen LogP contribution in [-0.2, 0) is 13.2 Å². The van der Waals surface area contributed by atoms with Crippen molar-refractivity contribution in [3.8, 4) is 11.1 Å². The van der Waals surface area contributed by atoms with Gasteiger partial charge in [0.2, 0.25) is 0 Å². The minimum atomic E-state index is -4.55. The molecular weight excluding hydrogens is 469 g/mol. The number of fused-ring (bicyclic) bond motifs is 1. The molecule has 7 nitrogen and oxygen atoms in total. The molecular formula is C26H25F3N6O. The number of piperidine rings is 1. The highest BCUT2D eigenvalue weighted by Crippen LogP contribution is 2.35. The van der Waals surface area contributed by atoms with Crippen molar-refractivity contribution >= 4 is 22.6 Å². The second-order valence-corrected chi connectivity index (χ2v) is 8.98. The Morgan fingerprint density at radius 2 is 1.81 bits per heavy atom. The van der Waals surface area contributed by atoms with Crippen LogP contribution < -0.4 is 5.32 Å². The molecule has 4 aromatic rings. The van der Waals surface area contributed by atoms with E-state index >= 15 is 0 Å². The number of aryl methyl sites for hydroxylation is 2. The van der Waals surface area contributed by atoms with Crippen LogP contribution >= 0.6 is 0 Å². The lowest BCUT2D eigenvalue weighted by Gasteiger charge is -2.32. The summed E-state index contributed by atoms with van der Waals surface area (Å²) in [7, 11) is 1.80.